The number of likely N-dealkylation sites (N-methyl/N-ethyl adjacent to an activating group) is 1. The van der Waals surface area contributed by atoms with Crippen molar-refractivity contribution in [2.24, 2.45) is 34.3 Å². The molecule has 3 aliphatic rings. The summed E-state index contributed by atoms with van der Waals surface area (Å²) in [6.07, 6.45) is 2.06. The van der Waals surface area contributed by atoms with Crippen LogP contribution in [-0.2, 0) is 28.8 Å². The van der Waals surface area contributed by atoms with E-state index in [-0.39, 0.29) is 41.4 Å². The van der Waals surface area contributed by atoms with E-state index in [4.69, 9.17) is 5.73 Å². The van der Waals surface area contributed by atoms with E-state index in [1.807, 2.05) is 20.8 Å². The molecule has 5 amide bonds. The monoisotopic (exact) mass is 624 g/mol. The van der Waals surface area contributed by atoms with Gasteiger partial charge in [-0.3, -0.25) is 28.8 Å². The van der Waals surface area contributed by atoms with Crippen LogP contribution in [0.15, 0.2) is 30.3 Å². The van der Waals surface area contributed by atoms with Gasteiger partial charge in [-0.05, 0) is 40.6 Å². The van der Waals surface area contributed by atoms with Crippen molar-refractivity contribution in [3.05, 3.63) is 35.9 Å². The smallest absolute Gasteiger partial charge is 0.290 e. The van der Waals surface area contributed by atoms with Gasteiger partial charge < -0.3 is 31.5 Å². The van der Waals surface area contributed by atoms with Gasteiger partial charge in [-0.2, -0.15) is 0 Å². The lowest BCUT2D eigenvalue weighted by atomic mass is 9.86. The van der Waals surface area contributed by atoms with Gasteiger partial charge in [-0.25, -0.2) is 0 Å². The molecule has 6 unspecified atom stereocenters. The van der Waals surface area contributed by atoms with Gasteiger partial charge in [0.15, 0.2) is 0 Å². The quantitative estimate of drug-likeness (QED) is 0.249. The van der Waals surface area contributed by atoms with E-state index >= 15 is 0 Å². The summed E-state index contributed by atoms with van der Waals surface area (Å²) in [6, 6.07) is 5.03. The van der Waals surface area contributed by atoms with Crippen LogP contribution in [0.4, 0.5) is 0 Å². The number of carbonyl (C=O) groups excluding carboxylic acids is 6. The summed E-state index contributed by atoms with van der Waals surface area (Å²) in [5.41, 5.74) is 6.22. The lowest BCUT2D eigenvalue weighted by Gasteiger charge is -2.36. The first-order chi connectivity index (χ1) is 20.9. The average molecular weight is 625 g/mol. The van der Waals surface area contributed by atoms with Gasteiger partial charge in [-0.1, -0.05) is 77.8 Å². The van der Waals surface area contributed by atoms with Crippen LogP contribution in [0.25, 0.3) is 0 Å². The number of nitrogens with zero attached hydrogens (tertiary/aromatic N) is 2. The number of piperidine rings is 1. The highest BCUT2D eigenvalue weighted by Gasteiger charge is 2.69. The largest absolute Gasteiger partial charge is 0.347 e. The van der Waals surface area contributed by atoms with Crippen LogP contribution < -0.4 is 21.7 Å². The van der Waals surface area contributed by atoms with E-state index in [9.17, 15) is 28.8 Å². The molecule has 12 nitrogen and oxygen atoms in total. The Bertz CT molecular complexity index is 1330. The van der Waals surface area contributed by atoms with Gasteiger partial charge in [0, 0.05) is 20.6 Å². The van der Waals surface area contributed by atoms with E-state index in [0.717, 1.165) is 12.8 Å². The molecule has 1 saturated heterocycles. The second-order valence-electron chi connectivity index (χ2n) is 14.7. The maximum atomic E-state index is 13.8. The third-order valence-electron chi connectivity index (χ3n) is 9.62. The van der Waals surface area contributed by atoms with Crippen molar-refractivity contribution >= 4 is 35.3 Å². The van der Waals surface area contributed by atoms with Crippen molar-refractivity contribution in [2.45, 2.75) is 78.0 Å². The first-order valence-corrected chi connectivity index (χ1v) is 15.7. The number of hydrogen-bond acceptors (Lipinski definition) is 7. The summed E-state index contributed by atoms with van der Waals surface area (Å²) in [4.78, 5) is 82.0. The van der Waals surface area contributed by atoms with Gasteiger partial charge in [0.2, 0.25) is 29.4 Å². The minimum Gasteiger partial charge on any atom is -0.347 e. The van der Waals surface area contributed by atoms with Crippen LogP contribution in [0.5, 0.6) is 0 Å². The van der Waals surface area contributed by atoms with E-state index in [0.29, 0.717) is 12.1 Å². The Morgan fingerprint density at radius 1 is 1.02 bits per heavy atom. The molecule has 1 aliphatic heterocycles. The summed E-state index contributed by atoms with van der Waals surface area (Å²) in [5.74, 6) is -3.40. The third kappa shape index (κ3) is 7.54. The van der Waals surface area contributed by atoms with Crippen molar-refractivity contribution in [3.8, 4) is 0 Å². The van der Waals surface area contributed by atoms with Gasteiger partial charge in [0.1, 0.15) is 12.1 Å². The number of nitrogens with two attached hydrogens (primary N) is 1. The minimum atomic E-state index is -1.10. The molecule has 2 aliphatic carbocycles. The number of rotatable bonds is 12. The molecule has 6 atom stereocenters. The van der Waals surface area contributed by atoms with Crippen LogP contribution >= 0.6 is 0 Å². The molecule has 4 rings (SSSR count). The predicted molar refractivity (Wildman–Crippen MR) is 167 cm³/mol. The molecule has 12 heteroatoms. The molecule has 1 aromatic rings. The first-order valence-electron chi connectivity index (χ1n) is 15.7. The molecule has 5 N–H and O–H groups in total. The minimum absolute atomic E-state index is 0.0785. The summed E-state index contributed by atoms with van der Waals surface area (Å²) in [7, 11) is 3.15. The zero-order valence-corrected chi connectivity index (χ0v) is 27.4. The van der Waals surface area contributed by atoms with E-state index in [2.05, 4.69) is 29.8 Å². The highest BCUT2D eigenvalue weighted by atomic mass is 16.2. The molecule has 0 bridgehead atoms. The fourth-order valence-corrected chi connectivity index (χ4v) is 6.35. The first kappa shape index (κ1) is 34.1. The predicted octanol–water partition coefficient (Wildman–Crippen LogP) is 0.759. The van der Waals surface area contributed by atoms with Crippen LogP contribution in [0.3, 0.4) is 0 Å². The maximum absolute atomic E-state index is 13.8. The maximum Gasteiger partial charge on any atom is 0.290 e. The fourth-order valence-electron chi connectivity index (χ4n) is 6.35. The second kappa shape index (κ2) is 12.9. The Morgan fingerprint density at radius 3 is 2.20 bits per heavy atom. The Balaban J connectivity index is 1.42. The molecule has 3 fully saturated rings. The molecule has 0 radical (unpaired) electrons. The Kier molecular flexibility index (Phi) is 9.77. The van der Waals surface area contributed by atoms with Crippen molar-refractivity contribution in [1.82, 2.24) is 25.8 Å². The highest BCUT2D eigenvalue weighted by molar-refractivity contribution is 6.38. The van der Waals surface area contributed by atoms with Gasteiger partial charge in [-0.15, -0.1) is 0 Å². The molecular weight excluding hydrogens is 576 g/mol. The number of ketones is 1. The molecule has 45 heavy (non-hydrogen) atoms. The van der Waals surface area contributed by atoms with Crippen LogP contribution in [-0.4, -0.2) is 90.4 Å². The molecule has 0 aromatic heterocycles. The Labute approximate surface area is 265 Å². The van der Waals surface area contributed by atoms with Crippen LogP contribution in [0, 0.1) is 28.6 Å². The number of hydrogen-bond donors (Lipinski definition) is 4. The molecule has 246 valence electrons. The number of Topliss-reactive ketones (excluding diaryl/α,β-unsaturated/α-hetero) is 1. The average Bonchev–Trinajstić information content (AvgIpc) is 3.84. The zero-order chi connectivity index (χ0) is 33.4. The number of carbonyl (C=O) groups is 6. The number of fused-ring (bicyclic) bond motifs is 1. The topological polar surface area (TPSA) is 171 Å². The Hall–Kier alpha value is -3.80. The summed E-state index contributed by atoms with van der Waals surface area (Å²) in [5, 5.41) is 7.79. The third-order valence-corrected chi connectivity index (χ3v) is 9.62. The van der Waals surface area contributed by atoms with E-state index < -0.39 is 59.6 Å². The number of amides is 5. The van der Waals surface area contributed by atoms with E-state index in [1.54, 1.807) is 49.3 Å². The summed E-state index contributed by atoms with van der Waals surface area (Å²) in [6.45, 7) is 9.62. The van der Waals surface area contributed by atoms with E-state index in [1.165, 1.54) is 4.90 Å². The van der Waals surface area contributed by atoms with Gasteiger partial charge in [0.25, 0.3) is 5.91 Å². The lowest BCUT2D eigenvalue weighted by Crippen LogP contribution is -2.59. The standard InChI is InChI=1S/C33H48N6O6/c1-32(2,3)27(34)31(45)39-17-20-23(33(20,4)5)25(39)28(42)36-21(15-18-13-14-18)26(41)29(43)35-16-22(40)37-24(30(44)38(6)7)19-11-9-8-10-12-19/h8-12,18,20-21,23-25,27H,13-17,34H2,1-7H3,(H,35,43)(H,36,42)(H,37,40). The zero-order valence-electron chi connectivity index (χ0n) is 27.4. The van der Waals surface area contributed by atoms with Crippen molar-refractivity contribution in [2.75, 3.05) is 27.2 Å². The molecule has 2 saturated carbocycles. The highest BCUT2D eigenvalue weighted by Crippen LogP contribution is 2.65. The van der Waals surface area contributed by atoms with Crippen LogP contribution in [0.1, 0.15) is 65.5 Å². The Morgan fingerprint density at radius 2 is 1.64 bits per heavy atom. The lowest BCUT2D eigenvalue weighted by molar-refractivity contribution is -0.145. The number of nitrogens with one attached hydrogen (secondary N) is 3. The molecule has 1 aromatic carbocycles. The fraction of sp³-hybridized carbons (Fsp3) is 0.636. The van der Waals surface area contributed by atoms with Gasteiger partial charge in [0.05, 0.1) is 18.6 Å². The number of likely N-dealkylation sites (tertiary alicyclic amines) is 1. The van der Waals surface area contributed by atoms with Crippen molar-refractivity contribution in [3.63, 3.8) is 0 Å². The van der Waals surface area contributed by atoms with Gasteiger partial charge >= 0.3 is 0 Å². The SMILES string of the molecule is CN(C)C(=O)C(NC(=O)CNC(=O)C(=O)C(CC1CC1)NC(=O)C1C2C(CN1C(=O)C(N)C(C)(C)C)C2(C)C)c1ccccc1. The molecule has 0 spiro atoms. The summed E-state index contributed by atoms with van der Waals surface area (Å²) < 4.78 is 0. The summed E-state index contributed by atoms with van der Waals surface area (Å²) >= 11 is 0. The van der Waals surface area contributed by atoms with Crippen molar-refractivity contribution < 1.29 is 28.8 Å². The molecular formula is C33H48N6O6. The van der Waals surface area contributed by atoms with Crippen molar-refractivity contribution in [1.29, 1.82) is 0 Å². The second-order valence-corrected chi connectivity index (χ2v) is 14.7. The normalized spacial score (nSPS) is 23.6. The number of benzene rings is 1. The molecule has 1 heterocycles. The van der Waals surface area contributed by atoms with Crippen LogP contribution in [0.2, 0.25) is 0 Å².